The van der Waals surface area contributed by atoms with Crippen LogP contribution >= 0.6 is 11.6 Å². The number of aromatic nitrogens is 2. The molecule has 3 rings (SSSR count). The van der Waals surface area contributed by atoms with Crippen LogP contribution in [0.25, 0.3) is 0 Å². The second-order valence-corrected chi connectivity index (χ2v) is 8.44. The molecule has 0 bridgehead atoms. The lowest BCUT2D eigenvalue weighted by atomic mass is 10.3. The molecule has 1 aliphatic rings. The smallest absolute Gasteiger partial charge is 0.379 e. The van der Waals surface area contributed by atoms with Crippen molar-refractivity contribution in [2.45, 2.75) is 11.1 Å². The lowest BCUT2D eigenvalue weighted by Crippen LogP contribution is -2.40. The molecule has 1 aliphatic heterocycles. The number of amides is 1. The number of carbonyl (C=O) groups excluding carboxylic acids is 1. The van der Waals surface area contributed by atoms with Gasteiger partial charge in [-0.3, -0.25) is 9.48 Å². The average molecular weight is 453 g/mol. The Balaban J connectivity index is 1.78. The zero-order valence-electron chi connectivity index (χ0n) is 15.0. The molecule has 1 fully saturated rings. The van der Waals surface area contributed by atoms with Gasteiger partial charge in [0.15, 0.2) is 5.69 Å². The highest BCUT2D eigenvalue weighted by atomic mass is 35.5. The average Bonchev–Trinajstić information content (AvgIpc) is 2.97. The van der Waals surface area contributed by atoms with Gasteiger partial charge in [-0.2, -0.15) is 22.6 Å². The van der Waals surface area contributed by atoms with Gasteiger partial charge in [0.05, 0.1) is 18.1 Å². The number of sulfonamides is 1. The summed E-state index contributed by atoms with van der Waals surface area (Å²) in [6.45, 7) is 1.08. The molecule has 0 radical (unpaired) electrons. The Kier molecular flexibility index (Phi) is 5.90. The first-order chi connectivity index (χ1) is 13.5. The molecule has 2 heterocycles. The van der Waals surface area contributed by atoms with E-state index in [1.807, 2.05) is 0 Å². The van der Waals surface area contributed by atoms with Crippen LogP contribution in [-0.2, 0) is 28.0 Å². The number of morpholine rings is 1. The summed E-state index contributed by atoms with van der Waals surface area (Å²) in [4.78, 5) is 12.4. The number of alkyl halides is 3. The van der Waals surface area contributed by atoms with Gasteiger partial charge < -0.3 is 10.1 Å². The maximum Gasteiger partial charge on any atom is 0.436 e. The first-order valence-electron chi connectivity index (χ1n) is 8.31. The van der Waals surface area contributed by atoms with Crippen molar-refractivity contribution in [3.63, 3.8) is 0 Å². The molecule has 0 atom stereocenters. The Bertz CT molecular complexity index is 1020. The molecular formula is C16H16ClF3N4O4S. The summed E-state index contributed by atoms with van der Waals surface area (Å²) in [5, 5.41) is 4.81. The van der Waals surface area contributed by atoms with Gasteiger partial charge in [0.1, 0.15) is 10.7 Å². The molecule has 8 nitrogen and oxygen atoms in total. The Morgan fingerprint density at radius 3 is 2.31 bits per heavy atom. The molecule has 1 saturated heterocycles. The summed E-state index contributed by atoms with van der Waals surface area (Å²) >= 11 is 5.69. The SMILES string of the molecule is Cn1nc(C(F)(F)F)c(Cl)c1C(=O)Nc1ccc(S(=O)(=O)N2CCOCC2)cc1. The fraction of sp³-hybridized carbons (Fsp3) is 0.375. The highest BCUT2D eigenvalue weighted by Crippen LogP contribution is 2.35. The van der Waals surface area contributed by atoms with Gasteiger partial charge in [0.2, 0.25) is 10.0 Å². The van der Waals surface area contributed by atoms with Crippen molar-refractivity contribution < 1.29 is 31.1 Å². The van der Waals surface area contributed by atoms with Gasteiger partial charge >= 0.3 is 6.18 Å². The van der Waals surface area contributed by atoms with E-state index in [1.165, 1.54) is 28.6 Å². The van der Waals surface area contributed by atoms with Crippen LogP contribution in [0.3, 0.4) is 0 Å². The minimum absolute atomic E-state index is 0.0234. The van der Waals surface area contributed by atoms with Crippen LogP contribution in [0, 0.1) is 0 Å². The Labute approximate surface area is 169 Å². The van der Waals surface area contributed by atoms with Crippen LogP contribution in [0.15, 0.2) is 29.2 Å². The van der Waals surface area contributed by atoms with Crippen molar-refractivity contribution in [1.29, 1.82) is 0 Å². The van der Waals surface area contributed by atoms with Gasteiger partial charge in [-0.05, 0) is 24.3 Å². The number of nitrogens with one attached hydrogen (secondary N) is 1. The molecule has 158 valence electrons. The van der Waals surface area contributed by atoms with Crippen LogP contribution < -0.4 is 5.32 Å². The zero-order valence-corrected chi connectivity index (χ0v) is 16.6. The van der Waals surface area contributed by atoms with Crippen LogP contribution in [0.4, 0.5) is 18.9 Å². The summed E-state index contributed by atoms with van der Waals surface area (Å²) in [7, 11) is -2.54. The van der Waals surface area contributed by atoms with E-state index < -0.39 is 38.5 Å². The number of hydrogen-bond acceptors (Lipinski definition) is 5. The standard InChI is InChI=1S/C16H16ClF3N4O4S/c1-23-13(12(17)14(22-23)16(18,19)20)15(25)21-10-2-4-11(5-3-10)29(26,27)24-6-8-28-9-7-24/h2-5H,6-9H2,1H3,(H,21,25). The van der Waals surface area contributed by atoms with Gasteiger partial charge in [-0.15, -0.1) is 0 Å². The van der Waals surface area contributed by atoms with Gasteiger partial charge in [-0.25, -0.2) is 8.42 Å². The second-order valence-electron chi connectivity index (χ2n) is 6.13. The second kappa shape index (κ2) is 7.94. The number of anilines is 1. The number of ether oxygens (including phenoxy) is 1. The van der Waals surface area contributed by atoms with E-state index in [9.17, 15) is 26.4 Å². The molecule has 1 aromatic carbocycles. The third-order valence-electron chi connectivity index (χ3n) is 4.19. The normalized spacial score (nSPS) is 16.0. The summed E-state index contributed by atoms with van der Waals surface area (Å²) in [5.74, 6) is -0.913. The quantitative estimate of drug-likeness (QED) is 0.768. The molecule has 0 aliphatic carbocycles. The van der Waals surface area contributed by atoms with Crippen LogP contribution in [0.1, 0.15) is 16.2 Å². The summed E-state index contributed by atoms with van der Waals surface area (Å²) in [5.41, 5.74) is -1.65. The number of hydrogen-bond donors (Lipinski definition) is 1. The molecule has 0 unspecified atom stereocenters. The molecular weight excluding hydrogens is 437 g/mol. The minimum atomic E-state index is -4.80. The first-order valence-corrected chi connectivity index (χ1v) is 10.1. The van der Waals surface area contributed by atoms with E-state index in [0.717, 1.165) is 11.7 Å². The predicted octanol–water partition coefficient (Wildman–Crippen LogP) is 2.37. The zero-order chi connectivity index (χ0) is 21.4. The van der Waals surface area contributed by atoms with E-state index in [2.05, 4.69) is 10.4 Å². The molecule has 29 heavy (non-hydrogen) atoms. The highest BCUT2D eigenvalue weighted by Gasteiger charge is 2.39. The topological polar surface area (TPSA) is 93.5 Å². The number of nitrogens with zero attached hydrogens (tertiary/aromatic N) is 3. The van der Waals surface area contributed by atoms with Crippen molar-refractivity contribution in [3.8, 4) is 0 Å². The molecule has 1 N–H and O–H groups in total. The number of halogens is 4. The van der Waals surface area contributed by atoms with Crippen LogP contribution in [-0.4, -0.2) is 54.7 Å². The van der Waals surface area contributed by atoms with Crippen LogP contribution in [0.2, 0.25) is 5.02 Å². The molecule has 0 saturated carbocycles. The highest BCUT2D eigenvalue weighted by molar-refractivity contribution is 7.89. The largest absolute Gasteiger partial charge is 0.436 e. The number of rotatable bonds is 4. The van der Waals surface area contributed by atoms with Crippen molar-refractivity contribution in [2.75, 3.05) is 31.6 Å². The monoisotopic (exact) mass is 452 g/mol. The summed E-state index contributed by atoms with van der Waals surface area (Å²) in [6, 6.07) is 5.26. The van der Waals surface area contributed by atoms with Crippen molar-refractivity contribution in [3.05, 3.63) is 40.7 Å². The Morgan fingerprint density at radius 2 is 1.79 bits per heavy atom. The predicted molar refractivity (Wildman–Crippen MR) is 97.2 cm³/mol. The third kappa shape index (κ3) is 4.39. The molecule has 1 aromatic heterocycles. The first kappa shape index (κ1) is 21.6. The maximum absolute atomic E-state index is 12.9. The molecule has 13 heteroatoms. The number of aryl methyl sites for hydroxylation is 1. The third-order valence-corrected chi connectivity index (χ3v) is 6.46. The summed E-state index contributed by atoms with van der Waals surface area (Å²) < 4.78 is 71.0. The fourth-order valence-electron chi connectivity index (χ4n) is 2.76. The van der Waals surface area contributed by atoms with E-state index in [1.54, 1.807) is 0 Å². The Hall–Kier alpha value is -2.15. The number of benzene rings is 1. The van der Waals surface area contributed by atoms with E-state index in [4.69, 9.17) is 16.3 Å². The molecule has 2 aromatic rings. The van der Waals surface area contributed by atoms with Crippen molar-refractivity contribution in [1.82, 2.24) is 14.1 Å². The maximum atomic E-state index is 12.9. The van der Waals surface area contributed by atoms with Gasteiger partial charge in [0, 0.05) is 25.8 Å². The van der Waals surface area contributed by atoms with E-state index in [-0.39, 0.29) is 23.7 Å². The van der Waals surface area contributed by atoms with E-state index in [0.29, 0.717) is 13.2 Å². The molecule has 0 spiro atoms. The van der Waals surface area contributed by atoms with Crippen LogP contribution in [0.5, 0.6) is 0 Å². The summed E-state index contributed by atoms with van der Waals surface area (Å²) in [6.07, 6.45) is -4.80. The van der Waals surface area contributed by atoms with E-state index >= 15 is 0 Å². The van der Waals surface area contributed by atoms with Crippen molar-refractivity contribution >= 4 is 33.2 Å². The Morgan fingerprint density at radius 1 is 1.21 bits per heavy atom. The minimum Gasteiger partial charge on any atom is -0.379 e. The lowest BCUT2D eigenvalue weighted by molar-refractivity contribution is -0.141. The van der Waals surface area contributed by atoms with Gasteiger partial charge in [0.25, 0.3) is 5.91 Å². The lowest BCUT2D eigenvalue weighted by Gasteiger charge is -2.26. The van der Waals surface area contributed by atoms with Gasteiger partial charge in [-0.1, -0.05) is 11.6 Å². The fourth-order valence-corrected chi connectivity index (χ4v) is 4.52. The van der Waals surface area contributed by atoms with Crippen molar-refractivity contribution in [2.24, 2.45) is 7.05 Å². The number of carbonyl (C=O) groups is 1. The molecule has 1 amide bonds.